The number of aliphatic hydroxyl groups is 2. The number of hydrogen-bond acceptors (Lipinski definition) is 12. The molecule has 1 spiro atoms. The van der Waals surface area contributed by atoms with Gasteiger partial charge in [-0.25, -0.2) is 0 Å². The number of aliphatic hydroxyl groups excluding tert-OH is 1. The second-order valence-corrected chi connectivity index (χ2v) is 17.4. The Balaban J connectivity index is 1.25. The number of hydrogen-bond donors (Lipinski definition) is 3. The van der Waals surface area contributed by atoms with E-state index < -0.39 is 66.2 Å². The lowest BCUT2D eigenvalue weighted by atomic mass is 9.71. The zero-order valence-corrected chi connectivity index (χ0v) is 33.4. The lowest BCUT2D eigenvalue weighted by Gasteiger charge is -2.51. The summed E-state index contributed by atoms with van der Waals surface area (Å²) in [6.07, 6.45) is 14.4. The zero-order chi connectivity index (χ0) is 39.1. The molecule has 7 aliphatic rings. The molecule has 0 aromatic heterocycles. The quantitative estimate of drug-likeness (QED) is 0.132. The molecule has 4 saturated heterocycles. The Morgan fingerprint density at radius 1 is 1.02 bits per heavy atom. The van der Waals surface area contributed by atoms with Gasteiger partial charge >= 0.3 is 5.97 Å². The van der Waals surface area contributed by atoms with Gasteiger partial charge in [0, 0.05) is 38.7 Å². The van der Waals surface area contributed by atoms with Crippen molar-refractivity contribution >= 4 is 11.7 Å². The first kappa shape index (κ1) is 40.8. The monoisotopic (exact) mass is 769 g/mol. The number of esters is 1. The third-order valence-corrected chi connectivity index (χ3v) is 13.6. The van der Waals surface area contributed by atoms with E-state index in [1.54, 1.807) is 26.2 Å². The minimum Gasteiger partial charge on any atom is -0.462 e. The number of ether oxygens (including phenoxy) is 7. The summed E-state index contributed by atoms with van der Waals surface area (Å²) in [6, 6.07) is 0. The van der Waals surface area contributed by atoms with Crippen molar-refractivity contribution in [3.63, 3.8) is 0 Å². The van der Waals surface area contributed by atoms with Crippen molar-refractivity contribution in [1.82, 2.24) is 0 Å². The Labute approximate surface area is 325 Å². The van der Waals surface area contributed by atoms with Gasteiger partial charge in [0.2, 0.25) is 0 Å². The predicted octanol–water partition coefficient (Wildman–Crippen LogP) is 6.07. The van der Waals surface area contributed by atoms with Crippen molar-refractivity contribution in [3.05, 3.63) is 47.1 Å². The van der Waals surface area contributed by atoms with E-state index in [-0.39, 0.29) is 30.4 Å². The molecule has 1 saturated carbocycles. The van der Waals surface area contributed by atoms with Crippen LogP contribution in [-0.2, 0) is 38.0 Å². The normalized spacial score (nSPS) is 47.9. The minimum atomic E-state index is -1.83. The average molecular weight is 770 g/mol. The highest BCUT2D eigenvalue weighted by Gasteiger charge is 2.60. The first-order valence-corrected chi connectivity index (χ1v) is 20.7. The van der Waals surface area contributed by atoms with Crippen molar-refractivity contribution in [1.29, 1.82) is 0 Å². The summed E-state index contributed by atoms with van der Waals surface area (Å²) in [5.74, 6) is -1.83. The first-order chi connectivity index (χ1) is 26.4. The van der Waals surface area contributed by atoms with Crippen molar-refractivity contribution in [2.45, 2.75) is 172 Å². The highest BCUT2D eigenvalue weighted by atomic mass is 16.7. The van der Waals surface area contributed by atoms with Gasteiger partial charge in [-0.15, -0.1) is 0 Å². The molecule has 0 amide bonds. The lowest BCUT2D eigenvalue weighted by Crippen LogP contribution is -2.57. The molecule has 2 bridgehead atoms. The van der Waals surface area contributed by atoms with E-state index >= 15 is 0 Å². The van der Waals surface area contributed by atoms with Gasteiger partial charge in [0.25, 0.3) is 0 Å². The summed E-state index contributed by atoms with van der Waals surface area (Å²) in [5.41, 5.74) is 0.362. The van der Waals surface area contributed by atoms with Crippen molar-refractivity contribution in [2.24, 2.45) is 28.8 Å². The molecular formula is C43H63NO11. The fourth-order valence-corrected chi connectivity index (χ4v) is 10.4. The Hall–Kier alpha value is -2.42. The summed E-state index contributed by atoms with van der Waals surface area (Å²) in [7, 11) is 1.59. The molecule has 14 atom stereocenters. The Morgan fingerprint density at radius 2 is 1.80 bits per heavy atom. The van der Waals surface area contributed by atoms with E-state index in [2.05, 4.69) is 32.0 Å². The van der Waals surface area contributed by atoms with Gasteiger partial charge < -0.3 is 48.6 Å². The van der Waals surface area contributed by atoms with Gasteiger partial charge in [-0.05, 0) is 75.0 Å². The van der Waals surface area contributed by atoms with Gasteiger partial charge in [-0.3, -0.25) is 4.79 Å². The molecular weight excluding hydrogens is 706 g/mol. The predicted molar refractivity (Wildman–Crippen MR) is 203 cm³/mol. The van der Waals surface area contributed by atoms with Gasteiger partial charge in [0.15, 0.2) is 12.1 Å². The fraction of sp³-hybridized carbons (Fsp3) is 0.767. The minimum absolute atomic E-state index is 0.0359. The van der Waals surface area contributed by atoms with E-state index in [0.29, 0.717) is 55.1 Å². The Morgan fingerprint density at radius 3 is 2.55 bits per heavy atom. The van der Waals surface area contributed by atoms with Crippen molar-refractivity contribution in [2.75, 3.05) is 13.7 Å². The summed E-state index contributed by atoms with van der Waals surface area (Å²) in [5, 5.41) is 36.7. The summed E-state index contributed by atoms with van der Waals surface area (Å²) in [6.45, 7) is 10.0. The van der Waals surface area contributed by atoms with Gasteiger partial charge in [0.1, 0.15) is 35.5 Å². The van der Waals surface area contributed by atoms with Crippen LogP contribution in [0.5, 0.6) is 0 Å². The number of fused-ring (bicyclic) bond motifs is 2. The van der Waals surface area contributed by atoms with E-state index in [1.807, 2.05) is 19.1 Å². The largest absolute Gasteiger partial charge is 0.462 e. The van der Waals surface area contributed by atoms with Crippen LogP contribution in [0.15, 0.2) is 52.3 Å². The average Bonchev–Trinajstić information content (AvgIpc) is 3.50. The van der Waals surface area contributed by atoms with E-state index in [1.165, 1.54) is 19.3 Å². The van der Waals surface area contributed by atoms with Gasteiger partial charge in [0.05, 0.1) is 37.1 Å². The highest BCUT2D eigenvalue weighted by molar-refractivity contribution is 6.06. The van der Waals surface area contributed by atoms with Crippen LogP contribution < -0.4 is 0 Å². The third-order valence-electron chi connectivity index (χ3n) is 13.6. The molecule has 55 heavy (non-hydrogen) atoms. The Kier molecular flexibility index (Phi) is 12.5. The smallest absolute Gasteiger partial charge is 0.316 e. The maximum absolute atomic E-state index is 14.4. The van der Waals surface area contributed by atoms with Crippen LogP contribution in [0.4, 0.5) is 0 Å². The topological polar surface area (TPSA) is 155 Å². The fourth-order valence-electron chi connectivity index (χ4n) is 10.4. The summed E-state index contributed by atoms with van der Waals surface area (Å²) >= 11 is 0. The number of oxime groups is 1. The number of methoxy groups -OCH3 is 1. The lowest BCUT2D eigenvalue weighted by molar-refractivity contribution is -0.342. The molecule has 0 radical (unpaired) electrons. The molecule has 12 nitrogen and oxygen atoms in total. The second kappa shape index (κ2) is 16.8. The van der Waals surface area contributed by atoms with E-state index in [9.17, 15) is 20.2 Å². The van der Waals surface area contributed by atoms with Crippen LogP contribution in [0.2, 0.25) is 0 Å². The molecule has 5 heterocycles. The molecule has 0 aromatic carbocycles. The maximum atomic E-state index is 14.4. The van der Waals surface area contributed by atoms with Crippen LogP contribution in [0, 0.1) is 23.7 Å². The molecule has 12 heteroatoms. The van der Waals surface area contributed by atoms with Crippen LogP contribution in [0.25, 0.3) is 0 Å². The maximum Gasteiger partial charge on any atom is 0.316 e. The van der Waals surface area contributed by atoms with E-state index in [4.69, 9.17) is 33.2 Å². The molecule has 5 fully saturated rings. The number of rotatable bonds is 4. The molecule has 5 aliphatic heterocycles. The molecule has 2 unspecified atom stereocenters. The summed E-state index contributed by atoms with van der Waals surface area (Å²) < 4.78 is 45.1. The van der Waals surface area contributed by atoms with Crippen LogP contribution in [0.1, 0.15) is 105 Å². The number of carbonyl (C=O) groups is 1. The van der Waals surface area contributed by atoms with Gasteiger partial charge in [-0.2, -0.15) is 0 Å². The zero-order valence-electron chi connectivity index (χ0n) is 33.4. The number of carbonyl (C=O) groups excluding carboxylic acids is 1. The van der Waals surface area contributed by atoms with Crippen molar-refractivity contribution < 1.29 is 53.4 Å². The van der Waals surface area contributed by atoms with E-state index in [0.717, 1.165) is 24.8 Å². The SMILES string of the molecule is CO[C@H]1CC(O[C@@H]2/C(C)=C/C[C@@H]3C[C@@H](C[C@]4(CC[C@H](C)[C@@H](C5CCCCC5)O4)O3)OC(=O)[C@@H]3C=C(C)/C(=N/O)[C@H]4OC/C(=C\C=C\[C@@H]2C)[C@]43O)O[C@@H](C)C1O. The molecule has 2 aliphatic carbocycles. The standard InChI is InChI=1S/C43H63NO11/c1-24-11-10-14-30-23-50-40-36(44-48)27(4)19-33(43(30,40)47)41(46)52-32-20-31(16-15-25(2)38(24)53-35-21-34(49-6)37(45)28(5)51-35)54-42(22-32)18-17-26(3)39(55-42)29-12-8-7-9-13-29/h10-11,14-15,19,24,26,28-29,31-35,37-40,45,47-48H,7-9,12-13,16-18,20-23H2,1-6H3/b11-10+,25-15+,30-14+,44-36-/t24-,26-,28-,31+,32-,33-,34-,35?,37?,38-,39-,40+,42+,43+/m0/s1. The van der Waals surface area contributed by atoms with Crippen LogP contribution in [0.3, 0.4) is 0 Å². The molecule has 0 aromatic rings. The Bertz CT molecular complexity index is 1550. The van der Waals surface area contributed by atoms with Crippen LogP contribution >= 0.6 is 0 Å². The van der Waals surface area contributed by atoms with Gasteiger partial charge in [-0.1, -0.05) is 68.6 Å². The molecule has 3 N–H and O–H groups in total. The van der Waals surface area contributed by atoms with Crippen molar-refractivity contribution in [3.8, 4) is 0 Å². The second-order valence-electron chi connectivity index (χ2n) is 17.4. The number of nitrogens with zero attached hydrogens (tertiary/aromatic N) is 1. The molecule has 7 rings (SSSR count). The summed E-state index contributed by atoms with van der Waals surface area (Å²) in [4.78, 5) is 14.4. The number of allylic oxidation sites excluding steroid dienone is 2. The first-order valence-electron chi connectivity index (χ1n) is 20.7. The molecule has 306 valence electrons. The third kappa shape index (κ3) is 8.17. The highest BCUT2D eigenvalue weighted by Crippen LogP contribution is 2.48. The van der Waals surface area contributed by atoms with Crippen LogP contribution in [-0.4, -0.2) is 107 Å².